The van der Waals surface area contributed by atoms with Gasteiger partial charge in [0.25, 0.3) is 0 Å². The Kier molecular flexibility index (Phi) is 6.29. The van der Waals surface area contributed by atoms with E-state index in [4.69, 9.17) is 0 Å². The molecule has 0 aliphatic heterocycles. The molecule has 0 fully saturated rings. The van der Waals surface area contributed by atoms with Gasteiger partial charge in [0.2, 0.25) is 0 Å². The Balaban J connectivity index is 2.11. The zero-order valence-electron chi connectivity index (χ0n) is 9.82. The zero-order valence-corrected chi connectivity index (χ0v) is 11.5. The van der Waals surface area contributed by atoms with E-state index < -0.39 is 0 Å². The number of thioether (sulfide) groups is 1. The van der Waals surface area contributed by atoms with E-state index in [-0.39, 0.29) is 0 Å². The molecule has 0 radical (unpaired) electrons. The normalized spacial score (nSPS) is 11.2. The Morgan fingerprint density at radius 3 is 2.67 bits per heavy atom. The second-order valence-electron chi connectivity index (χ2n) is 3.46. The van der Waals surface area contributed by atoms with Crippen LogP contribution in [0.4, 0.5) is 0 Å². The minimum absolute atomic E-state index is 1.07. The lowest BCUT2D eigenvalue weighted by atomic mass is 10.5. The quantitative estimate of drug-likeness (QED) is 0.686. The molecule has 15 heavy (non-hydrogen) atoms. The van der Waals surface area contributed by atoms with E-state index in [1.165, 1.54) is 17.3 Å². The third-order valence-corrected chi connectivity index (χ3v) is 4.44. The standard InChI is InChI=1S/C11H20N2S2/c1-4-13(5-2)6-7-14-9-11-12-10(3)8-15-11/h8H,4-7,9H2,1-3H3. The highest BCUT2D eigenvalue weighted by Crippen LogP contribution is 2.16. The number of hydrogen-bond acceptors (Lipinski definition) is 4. The molecule has 4 heteroatoms. The molecule has 0 aliphatic carbocycles. The van der Waals surface area contributed by atoms with E-state index in [2.05, 4.69) is 36.0 Å². The summed E-state index contributed by atoms with van der Waals surface area (Å²) in [6, 6.07) is 0. The minimum Gasteiger partial charge on any atom is -0.303 e. The van der Waals surface area contributed by atoms with Crippen molar-refractivity contribution in [3.8, 4) is 0 Å². The monoisotopic (exact) mass is 244 g/mol. The zero-order chi connectivity index (χ0) is 11.1. The fourth-order valence-electron chi connectivity index (χ4n) is 1.36. The molecule has 0 atom stereocenters. The topological polar surface area (TPSA) is 16.1 Å². The van der Waals surface area contributed by atoms with Crippen molar-refractivity contribution in [2.45, 2.75) is 26.5 Å². The maximum absolute atomic E-state index is 4.45. The molecule has 1 heterocycles. The minimum atomic E-state index is 1.07. The summed E-state index contributed by atoms with van der Waals surface area (Å²) in [6.07, 6.45) is 0. The molecule has 0 aliphatic rings. The van der Waals surface area contributed by atoms with Crippen LogP contribution in [-0.2, 0) is 5.75 Å². The highest BCUT2D eigenvalue weighted by molar-refractivity contribution is 7.98. The third kappa shape index (κ3) is 5.00. The van der Waals surface area contributed by atoms with Crippen LogP contribution < -0.4 is 0 Å². The van der Waals surface area contributed by atoms with Crippen LogP contribution in [-0.4, -0.2) is 35.3 Å². The molecule has 2 nitrogen and oxygen atoms in total. The summed E-state index contributed by atoms with van der Waals surface area (Å²) in [4.78, 5) is 6.91. The van der Waals surface area contributed by atoms with Crippen LogP contribution in [0.25, 0.3) is 0 Å². The Hall–Kier alpha value is -0.0600. The lowest BCUT2D eigenvalue weighted by Gasteiger charge is -2.16. The summed E-state index contributed by atoms with van der Waals surface area (Å²) in [7, 11) is 0. The van der Waals surface area contributed by atoms with Crippen LogP contribution in [0.2, 0.25) is 0 Å². The molecule has 1 aromatic heterocycles. The highest BCUT2D eigenvalue weighted by atomic mass is 32.2. The number of aromatic nitrogens is 1. The SMILES string of the molecule is CCN(CC)CCSCc1nc(C)cs1. The average Bonchev–Trinajstić information content (AvgIpc) is 2.65. The predicted octanol–water partition coefficient (Wildman–Crippen LogP) is 3.03. The van der Waals surface area contributed by atoms with Crippen LogP contribution in [0, 0.1) is 6.92 Å². The van der Waals surface area contributed by atoms with Gasteiger partial charge in [0, 0.05) is 29.1 Å². The van der Waals surface area contributed by atoms with Gasteiger partial charge in [0.05, 0.1) is 0 Å². The molecule has 0 amide bonds. The molecule has 0 saturated carbocycles. The molecule has 1 rings (SSSR count). The maximum atomic E-state index is 4.45. The third-order valence-electron chi connectivity index (χ3n) is 2.34. The molecular weight excluding hydrogens is 224 g/mol. The van der Waals surface area contributed by atoms with Crippen molar-refractivity contribution in [1.29, 1.82) is 0 Å². The molecule has 0 N–H and O–H groups in total. The van der Waals surface area contributed by atoms with Crippen LogP contribution >= 0.6 is 23.1 Å². The number of aryl methyl sites for hydroxylation is 1. The molecule has 0 bridgehead atoms. The smallest absolute Gasteiger partial charge is 0.103 e. The Bertz CT molecular complexity index is 269. The number of nitrogens with zero attached hydrogens (tertiary/aromatic N) is 2. The van der Waals surface area contributed by atoms with Gasteiger partial charge in [-0.25, -0.2) is 4.98 Å². The van der Waals surface area contributed by atoms with Gasteiger partial charge in [0.1, 0.15) is 5.01 Å². The number of rotatable bonds is 7. The first kappa shape index (κ1) is 13.0. The number of thiazole rings is 1. The highest BCUT2D eigenvalue weighted by Gasteiger charge is 2.01. The van der Waals surface area contributed by atoms with Crippen molar-refractivity contribution in [3.63, 3.8) is 0 Å². The first-order valence-electron chi connectivity index (χ1n) is 5.47. The van der Waals surface area contributed by atoms with E-state index in [0.29, 0.717) is 0 Å². The van der Waals surface area contributed by atoms with Crippen molar-refractivity contribution in [2.75, 3.05) is 25.4 Å². The van der Waals surface area contributed by atoms with Gasteiger partial charge in [-0.1, -0.05) is 13.8 Å². The van der Waals surface area contributed by atoms with Crippen LogP contribution in [0.3, 0.4) is 0 Å². The van der Waals surface area contributed by atoms with Crippen LogP contribution in [0.1, 0.15) is 24.5 Å². The van der Waals surface area contributed by atoms with E-state index in [1.807, 2.05) is 11.8 Å². The Morgan fingerprint density at radius 2 is 2.13 bits per heavy atom. The summed E-state index contributed by atoms with van der Waals surface area (Å²) in [5.41, 5.74) is 1.15. The fourth-order valence-corrected chi connectivity index (χ4v) is 3.21. The second kappa shape index (κ2) is 7.25. The Morgan fingerprint density at radius 1 is 1.40 bits per heavy atom. The lowest BCUT2D eigenvalue weighted by molar-refractivity contribution is 0.324. The molecule has 1 aromatic rings. The molecule has 0 aromatic carbocycles. The van der Waals surface area contributed by atoms with Crippen molar-refractivity contribution >= 4 is 23.1 Å². The molecular formula is C11H20N2S2. The Labute approximate surface area is 101 Å². The molecule has 86 valence electrons. The second-order valence-corrected chi connectivity index (χ2v) is 5.51. The van der Waals surface area contributed by atoms with Gasteiger partial charge in [-0.15, -0.1) is 11.3 Å². The first-order valence-corrected chi connectivity index (χ1v) is 7.50. The summed E-state index contributed by atoms with van der Waals surface area (Å²) in [5.74, 6) is 2.28. The van der Waals surface area contributed by atoms with Crippen molar-refractivity contribution < 1.29 is 0 Å². The first-order chi connectivity index (χ1) is 7.26. The summed E-state index contributed by atoms with van der Waals surface area (Å²) < 4.78 is 0. The molecule has 0 unspecified atom stereocenters. The van der Waals surface area contributed by atoms with E-state index >= 15 is 0 Å². The summed E-state index contributed by atoms with van der Waals surface area (Å²) in [6.45, 7) is 10.0. The van der Waals surface area contributed by atoms with Gasteiger partial charge in [-0.2, -0.15) is 11.8 Å². The van der Waals surface area contributed by atoms with Gasteiger partial charge < -0.3 is 4.90 Å². The molecule has 0 saturated heterocycles. The van der Waals surface area contributed by atoms with Crippen LogP contribution in [0.15, 0.2) is 5.38 Å². The predicted molar refractivity (Wildman–Crippen MR) is 70.8 cm³/mol. The molecule has 0 spiro atoms. The summed E-state index contributed by atoms with van der Waals surface area (Å²) >= 11 is 3.76. The largest absolute Gasteiger partial charge is 0.303 e. The van der Waals surface area contributed by atoms with Gasteiger partial charge >= 0.3 is 0 Å². The maximum Gasteiger partial charge on any atom is 0.103 e. The van der Waals surface area contributed by atoms with Crippen LogP contribution in [0.5, 0.6) is 0 Å². The van der Waals surface area contributed by atoms with Gasteiger partial charge in [-0.05, 0) is 20.0 Å². The number of hydrogen-bond donors (Lipinski definition) is 0. The summed E-state index contributed by atoms with van der Waals surface area (Å²) in [5, 5.41) is 3.39. The van der Waals surface area contributed by atoms with Gasteiger partial charge in [0.15, 0.2) is 0 Å². The van der Waals surface area contributed by atoms with E-state index in [1.54, 1.807) is 11.3 Å². The fraction of sp³-hybridized carbons (Fsp3) is 0.727. The van der Waals surface area contributed by atoms with E-state index in [9.17, 15) is 0 Å². The van der Waals surface area contributed by atoms with E-state index in [0.717, 1.165) is 24.5 Å². The van der Waals surface area contributed by atoms with Crippen molar-refractivity contribution in [2.24, 2.45) is 0 Å². The lowest BCUT2D eigenvalue weighted by Crippen LogP contribution is -2.25. The van der Waals surface area contributed by atoms with Crippen molar-refractivity contribution in [1.82, 2.24) is 9.88 Å². The van der Waals surface area contributed by atoms with Gasteiger partial charge in [-0.3, -0.25) is 0 Å². The van der Waals surface area contributed by atoms with Crippen molar-refractivity contribution in [3.05, 3.63) is 16.1 Å². The average molecular weight is 244 g/mol.